The third-order valence-electron chi connectivity index (χ3n) is 6.03. The minimum Gasteiger partial charge on any atom is -0.353 e. The van der Waals surface area contributed by atoms with Crippen LogP contribution in [-0.4, -0.2) is 51.6 Å². The van der Waals surface area contributed by atoms with Gasteiger partial charge in [-0.05, 0) is 35.4 Å². The second-order valence-electron chi connectivity index (χ2n) is 8.46. The number of piperazine rings is 1. The molecule has 1 fully saturated rings. The molecular weight excluding hydrogens is 468 g/mol. The fraction of sp³-hybridized carbons (Fsp3) is 0.240. The lowest BCUT2D eigenvalue weighted by Crippen LogP contribution is -2.44. The Morgan fingerprint density at radius 2 is 1.83 bits per heavy atom. The van der Waals surface area contributed by atoms with Crippen molar-refractivity contribution in [2.24, 2.45) is 0 Å². The highest BCUT2D eigenvalue weighted by Crippen LogP contribution is 2.24. The van der Waals surface area contributed by atoms with E-state index in [4.69, 9.17) is 0 Å². The molecule has 2 aromatic heterocycles. The molecule has 2 N–H and O–H groups in total. The van der Waals surface area contributed by atoms with Crippen LogP contribution in [0.15, 0.2) is 60.0 Å². The van der Waals surface area contributed by atoms with Gasteiger partial charge in [-0.25, -0.2) is 23.7 Å². The third-order valence-corrected chi connectivity index (χ3v) is 6.03. The van der Waals surface area contributed by atoms with Gasteiger partial charge in [-0.2, -0.15) is 0 Å². The minimum absolute atomic E-state index is 0.0520. The molecule has 3 heterocycles. The molecule has 0 radical (unpaired) electrons. The van der Waals surface area contributed by atoms with Gasteiger partial charge >= 0.3 is 0 Å². The van der Waals surface area contributed by atoms with Crippen LogP contribution in [0.4, 0.5) is 14.6 Å². The van der Waals surface area contributed by atoms with Gasteiger partial charge in [-0.15, -0.1) is 0 Å². The van der Waals surface area contributed by atoms with Gasteiger partial charge in [-0.3, -0.25) is 14.2 Å². The van der Waals surface area contributed by atoms with Crippen molar-refractivity contribution in [3.05, 3.63) is 93.9 Å². The van der Waals surface area contributed by atoms with Crippen LogP contribution < -0.4 is 21.1 Å². The number of rotatable bonds is 6. The van der Waals surface area contributed by atoms with Crippen molar-refractivity contribution in [1.29, 1.82) is 0 Å². The van der Waals surface area contributed by atoms with Crippen LogP contribution in [0.2, 0.25) is 0 Å². The normalized spacial score (nSPS) is 13.7. The molecule has 11 heteroatoms. The number of fused-ring (bicyclic) bond motifs is 1. The fourth-order valence-electron chi connectivity index (χ4n) is 4.16. The zero-order valence-electron chi connectivity index (χ0n) is 19.2. The molecule has 1 amide bonds. The van der Waals surface area contributed by atoms with Crippen LogP contribution >= 0.6 is 0 Å². The quantitative estimate of drug-likeness (QED) is 0.424. The summed E-state index contributed by atoms with van der Waals surface area (Å²) in [4.78, 5) is 40.6. The van der Waals surface area contributed by atoms with E-state index in [0.717, 1.165) is 60.6 Å². The zero-order chi connectivity index (χ0) is 25.1. The molecular formula is C25H23F2N7O2. The molecule has 5 rings (SSSR count). The van der Waals surface area contributed by atoms with Crippen LogP contribution in [0, 0.1) is 11.6 Å². The van der Waals surface area contributed by atoms with Gasteiger partial charge in [0.15, 0.2) is 11.6 Å². The van der Waals surface area contributed by atoms with Crippen LogP contribution in [0.5, 0.6) is 0 Å². The van der Waals surface area contributed by atoms with E-state index < -0.39 is 23.1 Å². The van der Waals surface area contributed by atoms with Crippen molar-refractivity contribution in [3.63, 3.8) is 0 Å². The van der Waals surface area contributed by atoms with E-state index in [1.165, 1.54) is 23.2 Å². The van der Waals surface area contributed by atoms with Crippen molar-refractivity contribution in [2.75, 3.05) is 31.1 Å². The van der Waals surface area contributed by atoms with Gasteiger partial charge in [0.25, 0.3) is 11.5 Å². The molecule has 0 spiro atoms. The molecule has 184 valence electrons. The summed E-state index contributed by atoms with van der Waals surface area (Å²) in [5, 5.41) is 6.97. The van der Waals surface area contributed by atoms with Crippen LogP contribution in [0.3, 0.4) is 0 Å². The lowest BCUT2D eigenvalue weighted by molar-refractivity contribution is 0.0948. The molecule has 2 aromatic carbocycles. The predicted molar refractivity (Wildman–Crippen MR) is 130 cm³/mol. The molecule has 0 saturated carbocycles. The topological polar surface area (TPSA) is 105 Å². The Kier molecular flexibility index (Phi) is 6.63. The molecule has 0 unspecified atom stereocenters. The highest BCUT2D eigenvalue weighted by Gasteiger charge is 2.17. The van der Waals surface area contributed by atoms with E-state index in [1.54, 1.807) is 6.33 Å². The number of hydrogen-bond donors (Lipinski definition) is 2. The van der Waals surface area contributed by atoms with Crippen LogP contribution in [0.25, 0.3) is 10.9 Å². The Balaban J connectivity index is 1.32. The summed E-state index contributed by atoms with van der Waals surface area (Å²) in [6.45, 7) is 3.56. The molecule has 1 aliphatic heterocycles. The number of nitrogens with zero attached hydrogens (tertiary/aromatic N) is 5. The summed E-state index contributed by atoms with van der Waals surface area (Å²) < 4.78 is 27.9. The zero-order valence-corrected chi connectivity index (χ0v) is 19.2. The Hall–Kier alpha value is -4.25. The van der Waals surface area contributed by atoms with E-state index in [1.807, 2.05) is 18.2 Å². The van der Waals surface area contributed by atoms with E-state index in [9.17, 15) is 18.4 Å². The molecule has 1 aliphatic rings. The number of anilines is 1. The number of hydrogen-bond acceptors (Lipinski definition) is 7. The summed E-state index contributed by atoms with van der Waals surface area (Å²) in [5.74, 6) is -1.72. The maximum Gasteiger partial charge on any atom is 0.266 e. The monoisotopic (exact) mass is 491 g/mol. The number of carbonyl (C=O) groups excluding carboxylic acids is 1. The van der Waals surface area contributed by atoms with Gasteiger partial charge in [0, 0.05) is 44.3 Å². The van der Waals surface area contributed by atoms with Crippen molar-refractivity contribution >= 4 is 22.6 Å². The number of aromatic nitrogens is 4. The lowest BCUT2D eigenvalue weighted by Gasteiger charge is -2.29. The first-order valence-electron chi connectivity index (χ1n) is 11.5. The number of nitrogens with one attached hydrogen (secondary N) is 2. The van der Waals surface area contributed by atoms with Crippen LogP contribution in [-0.2, 0) is 13.1 Å². The highest BCUT2D eigenvalue weighted by atomic mass is 19.2. The summed E-state index contributed by atoms with van der Waals surface area (Å²) in [6.07, 6.45) is 3.99. The maximum absolute atomic E-state index is 13.5. The first-order chi connectivity index (χ1) is 17.5. The van der Waals surface area contributed by atoms with E-state index in [-0.39, 0.29) is 18.7 Å². The Bertz CT molecular complexity index is 1490. The maximum atomic E-state index is 13.5. The van der Waals surface area contributed by atoms with Gasteiger partial charge in [-0.1, -0.05) is 12.1 Å². The molecule has 4 aromatic rings. The fourth-order valence-corrected chi connectivity index (χ4v) is 4.16. The third kappa shape index (κ3) is 4.91. The second kappa shape index (κ2) is 10.2. The van der Waals surface area contributed by atoms with Gasteiger partial charge in [0.2, 0.25) is 0 Å². The van der Waals surface area contributed by atoms with Crippen molar-refractivity contribution in [2.45, 2.75) is 13.1 Å². The molecule has 1 saturated heterocycles. The first kappa shape index (κ1) is 23.5. The summed E-state index contributed by atoms with van der Waals surface area (Å²) in [6, 6.07) is 9.05. The predicted octanol–water partition coefficient (Wildman–Crippen LogP) is 1.85. The molecule has 36 heavy (non-hydrogen) atoms. The molecule has 0 aliphatic carbocycles. The standard InChI is InChI=1S/C25H23F2N7O2/c26-20-3-1-17(10-21(20)27)13-34-15-29-12-19(25(34)36)24(35)30-11-16-2-4-22-18(9-16)23(32-14-31-22)33-7-5-28-6-8-33/h1-4,9-10,12,14-15,28H,5-8,11,13H2,(H,30,35). The van der Waals surface area contributed by atoms with Gasteiger partial charge < -0.3 is 15.5 Å². The summed E-state index contributed by atoms with van der Waals surface area (Å²) >= 11 is 0. The average molecular weight is 492 g/mol. The van der Waals surface area contributed by atoms with E-state index in [0.29, 0.717) is 5.56 Å². The number of halogens is 2. The minimum atomic E-state index is -1.01. The van der Waals surface area contributed by atoms with Crippen molar-refractivity contribution < 1.29 is 13.6 Å². The smallest absolute Gasteiger partial charge is 0.266 e. The molecule has 0 atom stereocenters. The van der Waals surface area contributed by atoms with Gasteiger partial charge in [0.1, 0.15) is 17.7 Å². The van der Waals surface area contributed by atoms with E-state index in [2.05, 4.69) is 30.5 Å². The van der Waals surface area contributed by atoms with Crippen molar-refractivity contribution in [3.8, 4) is 0 Å². The second-order valence-corrected chi connectivity index (χ2v) is 8.46. The Morgan fingerprint density at radius 1 is 1.03 bits per heavy atom. The molecule has 9 nitrogen and oxygen atoms in total. The number of carbonyl (C=O) groups is 1. The van der Waals surface area contributed by atoms with E-state index >= 15 is 0 Å². The largest absolute Gasteiger partial charge is 0.353 e. The average Bonchev–Trinajstić information content (AvgIpc) is 2.90. The van der Waals surface area contributed by atoms with Crippen molar-refractivity contribution in [1.82, 2.24) is 30.2 Å². The first-order valence-corrected chi connectivity index (χ1v) is 11.5. The SMILES string of the molecule is O=C(NCc1ccc2ncnc(N3CCNCC3)c2c1)c1cncn(Cc2ccc(F)c(F)c2)c1=O. The number of amides is 1. The Morgan fingerprint density at radius 3 is 2.64 bits per heavy atom. The van der Waals surface area contributed by atoms with Gasteiger partial charge in [0.05, 0.1) is 18.4 Å². The lowest BCUT2D eigenvalue weighted by atomic mass is 10.1. The Labute approximate surface area is 204 Å². The summed E-state index contributed by atoms with van der Waals surface area (Å²) in [5.41, 5.74) is 1.27. The highest BCUT2D eigenvalue weighted by molar-refractivity contribution is 5.94. The number of benzene rings is 2. The van der Waals surface area contributed by atoms with Crippen LogP contribution in [0.1, 0.15) is 21.5 Å². The summed E-state index contributed by atoms with van der Waals surface area (Å²) in [7, 11) is 0. The molecule has 0 bridgehead atoms.